The van der Waals surface area contributed by atoms with Gasteiger partial charge in [-0.15, -0.1) is 0 Å². The molecule has 0 fully saturated rings. The number of amides is 1. The second-order valence-electron chi connectivity index (χ2n) is 7.42. The van der Waals surface area contributed by atoms with Crippen LogP contribution in [0.5, 0.6) is 11.5 Å². The van der Waals surface area contributed by atoms with Crippen molar-refractivity contribution in [3.05, 3.63) is 82.4 Å². The van der Waals surface area contributed by atoms with Crippen LogP contribution in [0.1, 0.15) is 34.5 Å². The van der Waals surface area contributed by atoms with E-state index in [1.165, 1.54) is 25.3 Å². The number of anilines is 1. The maximum atomic E-state index is 12.9. The van der Waals surface area contributed by atoms with Crippen LogP contribution in [-0.4, -0.2) is 28.5 Å². The molecule has 174 valence electrons. The monoisotopic (exact) mass is 488 g/mol. The Morgan fingerprint density at radius 2 is 1.76 bits per heavy atom. The molecule has 3 aromatic rings. The fourth-order valence-electron chi connectivity index (χ4n) is 3.30. The standard InChI is InChI=1S/C24H25ClN2O5S/c1-15-6-5-7-18(12-15)27-33(29,30)23-13-17(8-10-21(23)25)24(28)26-16(2)20-14-19(31-3)9-11-22(20)32-4/h5-14,16,27H,1-4H3,(H,26,28)/t16-/m1/s1. The number of nitrogens with one attached hydrogen (secondary N) is 2. The van der Waals surface area contributed by atoms with Crippen molar-refractivity contribution in [2.45, 2.75) is 24.8 Å². The van der Waals surface area contributed by atoms with Crippen LogP contribution in [0.4, 0.5) is 5.69 Å². The maximum absolute atomic E-state index is 12.9. The Morgan fingerprint density at radius 3 is 2.42 bits per heavy atom. The van der Waals surface area contributed by atoms with Gasteiger partial charge in [0.2, 0.25) is 0 Å². The molecule has 2 N–H and O–H groups in total. The third kappa shape index (κ3) is 5.77. The van der Waals surface area contributed by atoms with E-state index in [2.05, 4.69) is 10.0 Å². The Morgan fingerprint density at radius 1 is 1.00 bits per heavy atom. The summed E-state index contributed by atoms with van der Waals surface area (Å²) >= 11 is 6.18. The zero-order chi connectivity index (χ0) is 24.2. The van der Waals surface area contributed by atoms with Crippen LogP contribution in [0.3, 0.4) is 0 Å². The second kappa shape index (κ2) is 10.1. The van der Waals surface area contributed by atoms with Gasteiger partial charge in [0.05, 0.1) is 25.3 Å². The molecule has 0 aliphatic rings. The van der Waals surface area contributed by atoms with E-state index in [9.17, 15) is 13.2 Å². The molecule has 0 radical (unpaired) electrons. The van der Waals surface area contributed by atoms with Crippen LogP contribution < -0.4 is 19.5 Å². The van der Waals surface area contributed by atoms with Gasteiger partial charge in [-0.2, -0.15) is 0 Å². The van der Waals surface area contributed by atoms with E-state index in [1.807, 2.05) is 13.0 Å². The highest BCUT2D eigenvalue weighted by molar-refractivity contribution is 7.92. The van der Waals surface area contributed by atoms with Crippen molar-refractivity contribution in [1.82, 2.24) is 5.32 Å². The van der Waals surface area contributed by atoms with E-state index in [0.717, 1.165) is 5.56 Å². The molecule has 0 unspecified atom stereocenters. The van der Waals surface area contributed by atoms with Crippen molar-refractivity contribution in [3.8, 4) is 11.5 Å². The number of rotatable bonds is 8. The molecule has 0 saturated heterocycles. The van der Waals surface area contributed by atoms with Crippen LogP contribution in [-0.2, 0) is 10.0 Å². The molecule has 0 saturated carbocycles. The van der Waals surface area contributed by atoms with Gasteiger partial charge in [-0.05, 0) is 67.9 Å². The van der Waals surface area contributed by atoms with Gasteiger partial charge in [0.1, 0.15) is 16.4 Å². The molecule has 0 bridgehead atoms. The van der Waals surface area contributed by atoms with Gasteiger partial charge in [-0.3, -0.25) is 9.52 Å². The van der Waals surface area contributed by atoms with Crippen LogP contribution in [0, 0.1) is 6.92 Å². The van der Waals surface area contributed by atoms with Crippen LogP contribution in [0.25, 0.3) is 0 Å². The molecule has 3 rings (SSSR count). The molecule has 33 heavy (non-hydrogen) atoms. The maximum Gasteiger partial charge on any atom is 0.263 e. The minimum Gasteiger partial charge on any atom is -0.497 e. The summed E-state index contributed by atoms with van der Waals surface area (Å²) in [6, 6.07) is 15.9. The molecule has 0 spiro atoms. The van der Waals surface area contributed by atoms with Gasteiger partial charge in [0.25, 0.3) is 15.9 Å². The van der Waals surface area contributed by atoms with Crippen molar-refractivity contribution in [3.63, 3.8) is 0 Å². The number of hydrogen-bond donors (Lipinski definition) is 2. The number of benzene rings is 3. The second-order valence-corrected chi connectivity index (χ2v) is 9.48. The van der Waals surface area contributed by atoms with Gasteiger partial charge >= 0.3 is 0 Å². The van der Waals surface area contributed by atoms with Crippen molar-refractivity contribution in [2.75, 3.05) is 18.9 Å². The molecule has 1 amide bonds. The predicted octanol–water partition coefficient (Wildman–Crippen LogP) is 4.96. The first-order valence-electron chi connectivity index (χ1n) is 10.1. The van der Waals surface area contributed by atoms with E-state index in [1.54, 1.807) is 50.4 Å². The van der Waals surface area contributed by atoms with Crippen LogP contribution >= 0.6 is 11.6 Å². The highest BCUT2D eigenvalue weighted by Gasteiger charge is 2.22. The molecular formula is C24H25ClN2O5S. The highest BCUT2D eigenvalue weighted by atomic mass is 35.5. The number of carbonyl (C=O) groups excluding carboxylic acids is 1. The fraction of sp³-hybridized carbons (Fsp3) is 0.208. The Kier molecular flexibility index (Phi) is 7.50. The van der Waals surface area contributed by atoms with E-state index in [-0.39, 0.29) is 15.5 Å². The molecule has 1 atom stereocenters. The molecule has 0 aliphatic heterocycles. The third-order valence-electron chi connectivity index (χ3n) is 5.00. The minimum absolute atomic E-state index is 0.00853. The lowest BCUT2D eigenvalue weighted by molar-refractivity contribution is 0.0939. The molecule has 0 heterocycles. The average molecular weight is 489 g/mol. The van der Waals surface area contributed by atoms with Gasteiger partial charge in [0.15, 0.2) is 0 Å². The lowest BCUT2D eigenvalue weighted by atomic mass is 10.1. The summed E-state index contributed by atoms with van der Waals surface area (Å²) < 4.78 is 39.0. The first kappa shape index (κ1) is 24.4. The van der Waals surface area contributed by atoms with Gasteiger partial charge in [0, 0.05) is 16.8 Å². The summed E-state index contributed by atoms with van der Waals surface area (Å²) in [6.07, 6.45) is 0. The quantitative estimate of drug-likeness (QED) is 0.467. The van der Waals surface area contributed by atoms with Gasteiger partial charge in [-0.25, -0.2) is 8.42 Å². The molecule has 3 aromatic carbocycles. The largest absolute Gasteiger partial charge is 0.497 e. The first-order valence-corrected chi connectivity index (χ1v) is 11.9. The molecule has 0 aromatic heterocycles. The van der Waals surface area contributed by atoms with Gasteiger partial charge in [-0.1, -0.05) is 23.7 Å². The molecule has 7 nitrogen and oxygen atoms in total. The SMILES string of the molecule is COc1ccc(OC)c([C@@H](C)NC(=O)c2ccc(Cl)c(S(=O)(=O)Nc3cccc(C)c3)c2)c1. The zero-order valence-corrected chi connectivity index (χ0v) is 20.3. The number of carbonyl (C=O) groups is 1. The Balaban J connectivity index is 1.86. The third-order valence-corrected chi connectivity index (χ3v) is 6.87. The van der Waals surface area contributed by atoms with E-state index >= 15 is 0 Å². The smallest absolute Gasteiger partial charge is 0.263 e. The summed E-state index contributed by atoms with van der Waals surface area (Å²) in [6.45, 7) is 3.65. The van der Waals surface area contributed by atoms with E-state index in [0.29, 0.717) is 22.7 Å². The number of aryl methyl sites for hydroxylation is 1. The topological polar surface area (TPSA) is 93.7 Å². The zero-order valence-electron chi connectivity index (χ0n) is 18.7. The molecule has 0 aliphatic carbocycles. The summed E-state index contributed by atoms with van der Waals surface area (Å²) in [4.78, 5) is 12.7. The van der Waals surface area contributed by atoms with Crippen LogP contribution in [0.15, 0.2) is 65.6 Å². The van der Waals surface area contributed by atoms with E-state index < -0.39 is 22.0 Å². The number of halogens is 1. The lowest BCUT2D eigenvalue weighted by Crippen LogP contribution is -2.27. The summed E-state index contributed by atoms with van der Waals surface area (Å²) in [5.41, 5.74) is 2.17. The number of methoxy groups -OCH3 is 2. The Hall–Kier alpha value is -3.23. The van der Waals surface area contributed by atoms with Crippen molar-refractivity contribution in [1.29, 1.82) is 0 Å². The Bertz CT molecular complexity index is 1280. The average Bonchev–Trinajstić information content (AvgIpc) is 2.78. The summed E-state index contributed by atoms with van der Waals surface area (Å²) in [5.74, 6) is 0.746. The Labute approximate surface area is 198 Å². The number of sulfonamides is 1. The van der Waals surface area contributed by atoms with Gasteiger partial charge < -0.3 is 14.8 Å². The van der Waals surface area contributed by atoms with Crippen molar-refractivity contribution < 1.29 is 22.7 Å². The lowest BCUT2D eigenvalue weighted by Gasteiger charge is -2.18. The normalized spacial score (nSPS) is 12.0. The first-order chi connectivity index (χ1) is 15.6. The molecule has 9 heteroatoms. The summed E-state index contributed by atoms with van der Waals surface area (Å²) in [7, 11) is -0.926. The highest BCUT2D eigenvalue weighted by Crippen LogP contribution is 2.30. The van der Waals surface area contributed by atoms with Crippen molar-refractivity contribution in [2.24, 2.45) is 0 Å². The number of ether oxygens (including phenoxy) is 2. The predicted molar refractivity (Wildman–Crippen MR) is 129 cm³/mol. The fourth-order valence-corrected chi connectivity index (χ4v) is 4.88. The van der Waals surface area contributed by atoms with E-state index in [4.69, 9.17) is 21.1 Å². The van der Waals surface area contributed by atoms with Crippen molar-refractivity contribution >= 4 is 33.2 Å². The minimum atomic E-state index is -4.02. The number of hydrogen-bond acceptors (Lipinski definition) is 5. The van der Waals surface area contributed by atoms with Crippen LogP contribution in [0.2, 0.25) is 5.02 Å². The summed E-state index contributed by atoms with van der Waals surface area (Å²) in [5, 5.41) is 2.87. The molecular weight excluding hydrogens is 464 g/mol.